The van der Waals surface area contributed by atoms with E-state index >= 15 is 0 Å². The molecule has 1 N–H and O–H groups in total. The SMILES string of the molecule is CC/C=C\C1=C(C)CNC(F)C1. The maximum absolute atomic E-state index is 12.9. The van der Waals surface area contributed by atoms with Crippen LogP contribution in [0.3, 0.4) is 0 Å². The molecule has 1 aliphatic rings. The summed E-state index contributed by atoms with van der Waals surface area (Å²) in [6.45, 7) is 4.82. The zero-order chi connectivity index (χ0) is 8.97. The van der Waals surface area contributed by atoms with Crippen molar-refractivity contribution in [3.05, 3.63) is 23.3 Å². The average Bonchev–Trinajstić information content (AvgIpc) is 2.07. The monoisotopic (exact) mass is 169 g/mol. The Hall–Kier alpha value is -0.630. The van der Waals surface area contributed by atoms with E-state index < -0.39 is 6.30 Å². The second-order valence-corrected chi connectivity index (χ2v) is 3.17. The van der Waals surface area contributed by atoms with E-state index in [9.17, 15) is 4.39 Å². The molecule has 1 nitrogen and oxygen atoms in total. The zero-order valence-corrected chi connectivity index (χ0v) is 7.73. The van der Waals surface area contributed by atoms with E-state index in [0.29, 0.717) is 13.0 Å². The molecule has 68 valence electrons. The van der Waals surface area contributed by atoms with Gasteiger partial charge in [0.2, 0.25) is 0 Å². The topological polar surface area (TPSA) is 12.0 Å². The third kappa shape index (κ3) is 2.45. The number of halogens is 1. The Bertz CT molecular complexity index is 206. The fourth-order valence-corrected chi connectivity index (χ4v) is 1.29. The third-order valence-corrected chi connectivity index (χ3v) is 2.09. The van der Waals surface area contributed by atoms with Crippen LogP contribution in [0.15, 0.2) is 23.3 Å². The summed E-state index contributed by atoms with van der Waals surface area (Å²) in [5.74, 6) is 0. The summed E-state index contributed by atoms with van der Waals surface area (Å²) in [7, 11) is 0. The summed E-state index contributed by atoms with van der Waals surface area (Å²) in [5, 5.41) is 2.78. The van der Waals surface area contributed by atoms with Crippen molar-refractivity contribution in [1.29, 1.82) is 0 Å². The Labute approximate surface area is 73.4 Å². The molecule has 1 heterocycles. The van der Waals surface area contributed by atoms with Crippen molar-refractivity contribution in [2.45, 2.75) is 33.0 Å². The molecule has 0 bridgehead atoms. The van der Waals surface area contributed by atoms with E-state index in [2.05, 4.69) is 18.3 Å². The lowest BCUT2D eigenvalue weighted by atomic mass is 10.0. The number of allylic oxidation sites excluding steroid dienone is 2. The molecule has 12 heavy (non-hydrogen) atoms. The van der Waals surface area contributed by atoms with E-state index in [1.54, 1.807) is 0 Å². The molecule has 2 heteroatoms. The minimum Gasteiger partial charge on any atom is -0.284 e. The smallest absolute Gasteiger partial charge is 0.155 e. The molecule has 1 aliphatic heterocycles. The second-order valence-electron chi connectivity index (χ2n) is 3.17. The van der Waals surface area contributed by atoms with Crippen LogP contribution in [0.5, 0.6) is 0 Å². The van der Waals surface area contributed by atoms with E-state index in [1.165, 1.54) is 5.57 Å². The molecule has 0 aliphatic carbocycles. The third-order valence-electron chi connectivity index (χ3n) is 2.09. The Balaban J connectivity index is 2.64. The van der Waals surface area contributed by atoms with Gasteiger partial charge in [-0.05, 0) is 18.9 Å². The summed E-state index contributed by atoms with van der Waals surface area (Å²) in [5.41, 5.74) is 2.41. The fraction of sp³-hybridized carbons (Fsp3) is 0.600. The van der Waals surface area contributed by atoms with Crippen molar-refractivity contribution in [2.24, 2.45) is 0 Å². The molecule has 0 fully saturated rings. The Morgan fingerprint density at radius 1 is 1.67 bits per heavy atom. The van der Waals surface area contributed by atoms with Crippen LogP contribution < -0.4 is 5.32 Å². The van der Waals surface area contributed by atoms with Crippen molar-refractivity contribution in [3.8, 4) is 0 Å². The first kappa shape index (κ1) is 9.46. The van der Waals surface area contributed by atoms with Crippen LogP contribution in [0.25, 0.3) is 0 Å². The molecule has 0 aromatic carbocycles. The largest absolute Gasteiger partial charge is 0.284 e. The minimum atomic E-state index is -0.856. The predicted octanol–water partition coefficient (Wildman–Crippen LogP) is 2.56. The van der Waals surface area contributed by atoms with Crippen molar-refractivity contribution in [3.63, 3.8) is 0 Å². The van der Waals surface area contributed by atoms with Gasteiger partial charge in [-0.1, -0.05) is 24.6 Å². The molecule has 1 atom stereocenters. The summed E-state index contributed by atoms with van der Waals surface area (Å²) in [4.78, 5) is 0. The Morgan fingerprint density at radius 2 is 2.42 bits per heavy atom. The van der Waals surface area contributed by atoms with Crippen LogP contribution in [0.1, 0.15) is 26.7 Å². The van der Waals surface area contributed by atoms with Crippen molar-refractivity contribution in [1.82, 2.24) is 5.32 Å². The summed E-state index contributed by atoms with van der Waals surface area (Å²) < 4.78 is 12.9. The molecule has 0 radical (unpaired) electrons. The van der Waals surface area contributed by atoms with Gasteiger partial charge in [0.15, 0.2) is 6.30 Å². The fourth-order valence-electron chi connectivity index (χ4n) is 1.29. The molecule has 0 aromatic heterocycles. The molecular weight excluding hydrogens is 153 g/mol. The molecule has 0 saturated heterocycles. The van der Waals surface area contributed by atoms with Crippen LogP contribution >= 0.6 is 0 Å². The lowest BCUT2D eigenvalue weighted by Gasteiger charge is -2.20. The van der Waals surface area contributed by atoms with Crippen LogP contribution in [-0.4, -0.2) is 12.8 Å². The van der Waals surface area contributed by atoms with Gasteiger partial charge in [0.1, 0.15) is 0 Å². The number of alkyl halides is 1. The predicted molar refractivity (Wildman–Crippen MR) is 49.6 cm³/mol. The van der Waals surface area contributed by atoms with Gasteiger partial charge in [-0.3, -0.25) is 5.32 Å². The molecule has 0 aromatic rings. The molecular formula is C10H16FN. The standard InChI is InChI=1S/C10H16FN/c1-3-4-5-9-6-10(11)12-7-8(9)2/h4-5,10,12H,3,6-7H2,1-2H3/b5-4-. The Morgan fingerprint density at radius 3 is 3.08 bits per heavy atom. The minimum absolute atomic E-state index is 0.516. The van der Waals surface area contributed by atoms with Crippen molar-refractivity contribution in [2.75, 3.05) is 6.54 Å². The highest BCUT2D eigenvalue weighted by Gasteiger charge is 2.14. The highest BCUT2D eigenvalue weighted by molar-refractivity contribution is 5.28. The lowest BCUT2D eigenvalue weighted by Crippen LogP contribution is -2.31. The van der Waals surface area contributed by atoms with Gasteiger partial charge in [0.05, 0.1) is 0 Å². The zero-order valence-electron chi connectivity index (χ0n) is 7.73. The quantitative estimate of drug-likeness (QED) is 0.626. The number of nitrogens with one attached hydrogen (secondary N) is 1. The van der Waals surface area contributed by atoms with E-state index in [1.807, 2.05) is 13.0 Å². The van der Waals surface area contributed by atoms with Gasteiger partial charge in [0, 0.05) is 13.0 Å². The van der Waals surface area contributed by atoms with Gasteiger partial charge in [-0.25, -0.2) is 4.39 Å². The van der Waals surface area contributed by atoms with Crippen molar-refractivity contribution >= 4 is 0 Å². The van der Waals surface area contributed by atoms with E-state index in [0.717, 1.165) is 12.0 Å². The normalized spacial score (nSPS) is 25.4. The first-order valence-electron chi connectivity index (χ1n) is 4.46. The highest BCUT2D eigenvalue weighted by Crippen LogP contribution is 2.18. The van der Waals surface area contributed by atoms with Crippen LogP contribution in [0, 0.1) is 0 Å². The maximum Gasteiger partial charge on any atom is 0.155 e. The molecule has 0 amide bonds. The molecule has 0 saturated carbocycles. The maximum atomic E-state index is 12.9. The van der Waals surface area contributed by atoms with Gasteiger partial charge in [0.25, 0.3) is 0 Å². The van der Waals surface area contributed by atoms with Gasteiger partial charge in [-0.2, -0.15) is 0 Å². The average molecular weight is 169 g/mol. The molecule has 0 spiro atoms. The summed E-state index contributed by atoms with van der Waals surface area (Å²) in [6.07, 6.45) is 4.80. The number of hydrogen-bond acceptors (Lipinski definition) is 1. The number of hydrogen-bond donors (Lipinski definition) is 1. The summed E-state index contributed by atoms with van der Waals surface area (Å²) in [6, 6.07) is 0. The Kier molecular flexibility index (Phi) is 3.48. The first-order chi connectivity index (χ1) is 5.74. The summed E-state index contributed by atoms with van der Waals surface area (Å²) >= 11 is 0. The van der Waals surface area contributed by atoms with Gasteiger partial charge in [-0.15, -0.1) is 0 Å². The molecule has 1 unspecified atom stereocenters. The van der Waals surface area contributed by atoms with Gasteiger partial charge < -0.3 is 0 Å². The van der Waals surface area contributed by atoms with E-state index in [-0.39, 0.29) is 0 Å². The van der Waals surface area contributed by atoms with Crippen LogP contribution in [0.4, 0.5) is 4.39 Å². The molecule has 1 rings (SSSR count). The van der Waals surface area contributed by atoms with Crippen LogP contribution in [-0.2, 0) is 0 Å². The van der Waals surface area contributed by atoms with E-state index in [4.69, 9.17) is 0 Å². The first-order valence-corrected chi connectivity index (χ1v) is 4.46. The van der Waals surface area contributed by atoms with Crippen molar-refractivity contribution < 1.29 is 4.39 Å². The van der Waals surface area contributed by atoms with Gasteiger partial charge >= 0.3 is 0 Å². The lowest BCUT2D eigenvalue weighted by molar-refractivity contribution is 0.270. The second kappa shape index (κ2) is 4.41. The number of rotatable bonds is 2. The van der Waals surface area contributed by atoms with Crippen LogP contribution in [0.2, 0.25) is 0 Å². The highest BCUT2D eigenvalue weighted by atomic mass is 19.1.